The van der Waals surface area contributed by atoms with Crippen molar-refractivity contribution in [1.29, 1.82) is 0 Å². The summed E-state index contributed by atoms with van der Waals surface area (Å²) in [6.45, 7) is 1.98. The number of hydrogen-bond acceptors (Lipinski definition) is 3. The van der Waals surface area contributed by atoms with Crippen molar-refractivity contribution in [3.8, 4) is 0 Å². The van der Waals surface area contributed by atoms with Crippen LogP contribution in [0.3, 0.4) is 0 Å². The molecule has 110 valence electrons. The lowest BCUT2D eigenvalue weighted by molar-refractivity contribution is -0.138. The lowest BCUT2D eigenvalue weighted by Gasteiger charge is -2.02. The Morgan fingerprint density at radius 3 is 2.00 bits per heavy atom. The topological polar surface area (TPSA) is 75.9 Å². The maximum absolute atomic E-state index is 10.4. The Balaban J connectivity index is 0.000000161. The minimum Gasteiger partial charge on any atom is -0.479 e. The molecule has 0 bridgehead atoms. The number of ether oxygens (including phenoxy) is 1. The summed E-state index contributed by atoms with van der Waals surface area (Å²) in [5.74, 6) is -0.885. The van der Waals surface area contributed by atoms with Gasteiger partial charge in [0.15, 0.2) is 6.10 Å². The number of rotatable bonds is 3. The second kappa shape index (κ2) is 7.02. The van der Waals surface area contributed by atoms with Crippen LogP contribution in [0.1, 0.15) is 30.2 Å². The maximum atomic E-state index is 10.4. The molecule has 1 fully saturated rings. The second-order valence-electron chi connectivity index (χ2n) is 4.93. The van der Waals surface area contributed by atoms with E-state index in [4.69, 9.17) is 15.6 Å². The predicted octanol–water partition coefficient (Wildman–Crippen LogP) is 2.92. The fraction of sp³-hybridized carbons (Fsp3) is 0.235. The molecule has 2 aromatic carbocycles. The minimum absolute atomic E-state index is 0.159. The van der Waals surface area contributed by atoms with E-state index in [-0.39, 0.29) is 12.1 Å². The Morgan fingerprint density at radius 1 is 1.10 bits per heavy atom. The van der Waals surface area contributed by atoms with E-state index in [1.807, 2.05) is 67.6 Å². The molecular weight excluding hydrogens is 266 g/mol. The summed E-state index contributed by atoms with van der Waals surface area (Å²) in [5, 5.41) is 8.56. The van der Waals surface area contributed by atoms with Gasteiger partial charge in [0.2, 0.25) is 0 Å². The highest BCUT2D eigenvalue weighted by Gasteiger charge is 2.46. The minimum atomic E-state index is -0.885. The number of carboxylic acids is 1. The molecule has 0 radical (unpaired) electrons. The first-order valence-electron chi connectivity index (χ1n) is 6.83. The van der Waals surface area contributed by atoms with Crippen LogP contribution < -0.4 is 5.73 Å². The van der Waals surface area contributed by atoms with Crippen molar-refractivity contribution in [2.75, 3.05) is 0 Å². The normalized spacial score (nSPS) is 20.9. The lowest BCUT2D eigenvalue weighted by Crippen LogP contribution is -2.04. The molecule has 0 unspecified atom stereocenters. The Labute approximate surface area is 124 Å². The van der Waals surface area contributed by atoms with E-state index < -0.39 is 12.1 Å². The van der Waals surface area contributed by atoms with Crippen LogP contribution in [0.15, 0.2) is 60.7 Å². The zero-order valence-electron chi connectivity index (χ0n) is 11.8. The van der Waals surface area contributed by atoms with E-state index in [0.717, 1.165) is 5.56 Å². The van der Waals surface area contributed by atoms with Crippen molar-refractivity contribution in [1.82, 2.24) is 0 Å². The van der Waals surface area contributed by atoms with Crippen molar-refractivity contribution in [2.24, 2.45) is 5.73 Å². The Morgan fingerprint density at radius 2 is 1.62 bits per heavy atom. The van der Waals surface area contributed by atoms with Crippen LogP contribution in [0.2, 0.25) is 0 Å². The molecule has 0 amide bonds. The summed E-state index contributed by atoms with van der Waals surface area (Å²) < 4.78 is 4.96. The molecule has 4 heteroatoms. The molecule has 3 N–H and O–H groups in total. The molecule has 0 aromatic heterocycles. The summed E-state index contributed by atoms with van der Waals surface area (Å²) in [7, 11) is 0. The molecule has 4 nitrogen and oxygen atoms in total. The van der Waals surface area contributed by atoms with E-state index in [0.29, 0.717) is 0 Å². The second-order valence-corrected chi connectivity index (χ2v) is 4.93. The standard InChI is InChI=1S/C9H8O3.C8H11N/c10-9(11)8-7(12-8)6-4-2-1-3-5-6;1-7(9)8-5-3-2-4-6-8/h1-5,7-8H,(H,10,11);2-7H,9H2,1H3/t7-,8-;7-/m11/s1. The molecular formula is C17H19NO3. The fourth-order valence-electron chi connectivity index (χ4n) is 1.95. The smallest absolute Gasteiger partial charge is 0.335 e. The van der Waals surface area contributed by atoms with Crippen LogP contribution in [0, 0.1) is 0 Å². The van der Waals surface area contributed by atoms with Crippen molar-refractivity contribution >= 4 is 5.97 Å². The number of nitrogens with two attached hydrogens (primary N) is 1. The number of aliphatic carboxylic acids is 1. The van der Waals surface area contributed by atoms with Gasteiger partial charge in [-0.15, -0.1) is 0 Å². The molecule has 1 aliphatic rings. The average Bonchev–Trinajstić information content (AvgIpc) is 3.30. The first-order chi connectivity index (χ1) is 10.1. The van der Waals surface area contributed by atoms with Crippen molar-refractivity contribution in [3.63, 3.8) is 0 Å². The van der Waals surface area contributed by atoms with Gasteiger partial charge >= 0.3 is 5.97 Å². The van der Waals surface area contributed by atoms with Gasteiger partial charge < -0.3 is 15.6 Å². The SMILES string of the molecule is C[C@@H](N)c1ccccc1.O=C(O)[C@@H]1O[C@@H]1c1ccccc1. The molecule has 1 heterocycles. The zero-order valence-corrected chi connectivity index (χ0v) is 11.8. The number of carboxylic acid groups (broad SMARTS) is 1. The van der Waals surface area contributed by atoms with E-state index in [1.54, 1.807) is 0 Å². The van der Waals surface area contributed by atoms with E-state index in [2.05, 4.69) is 0 Å². The van der Waals surface area contributed by atoms with Crippen molar-refractivity contribution in [3.05, 3.63) is 71.8 Å². The summed E-state index contributed by atoms with van der Waals surface area (Å²) in [6, 6.07) is 19.6. The Hall–Kier alpha value is -2.17. The number of hydrogen-bond donors (Lipinski definition) is 2. The summed E-state index contributed by atoms with van der Waals surface area (Å²) in [4.78, 5) is 10.4. The van der Waals surface area contributed by atoms with Crippen LogP contribution in [0.25, 0.3) is 0 Å². The van der Waals surface area contributed by atoms with Gasteiger partial charge in [0.05, 0.1) is 0 Å². The Kier molecular flexibility index (Phi) is 5.09. The van der Waals surface area contributed by atoms with Gasteiger partial charge in [-0.05, 0) is 18.1 Å². The highest BCUT2D eigenvalue weighted by molar-refractivity contribution is 5.76. The molecule has 0 aliphatic carbocycles. The molecule has 3 rings (SSSR count). The maximum Gasteiger partial charge on any atom is 0.335 e. The predicted molar refractivity (Wildman–Crippen MR) is 80.7 cm³/mol. The van der Waals surface area contributed by atoms with Gasteiger partial charge in [-0.25, -0.2) is 4.79 Å². The van der Waals surface area contributed by atoms with Crippen LogP contribution in [0.4, 0.5) is 0 Å². The number of carbonyl (C=O) groups is 1. The van der Waals surface area contributed by atoms with E-state index >= 15 is 0 Å². The van der Waals surface area contributed by atoms with Gasteiger partial charge in [0.25, 0.3) is 0 Å². The van der Waals surface area contributed by atoms with Gasteiger partial charge in [-0.3, -0.25) is 0 Å². The Bertz CT molecular complexity index is 569. The van der Waals surface area contributed by atoms with Crippen LogP contribution >= 0.6 is 0 Å². The number of epoxide rings is 1. The summed E-state index contributed by atoms with van der Waals surface area (Å²) in [5.41, 5.74) is 7.74. The monoisotopic (exact) mass is 285 g/mol. The first kappa shape index (κ1) is 15.2. The molecule has 1 aliphatic heterocycles. The molecule has 0 spiro atoms. The zero-order chi connectivity index (χ0) is 15.2. The molecule has 2 aromatic rings. The average molecular weight is 285 g/mol. The summed E-state index contributed by atoms with van der Waals surface area (Å²) >= 11 is 0. The quantitative estimate of drug-likeness (QED) is 0.850. The molecule has 1 saturated heterocycles. The lowest BCUT2D eigenvalue weighted by atomic mass is 10.1. The first-order valence-corrected chi connectivity index (χ1v) is 6.83. The van der Waals surface area contributed by atoms with Crippen LogP contribution in [-0.2, 0) is 9.53 Å². The third-order valence-corrected chi connectivity index (χ3v) is 3.19. The van der Waals surface area contributed by atoms with Gasteiger partial charge in [0, 0.05) is 6.04 Å². The molecule has 0 saturated carbocycles. The number of benzene rings is 2. The highest BCUT2D eigenvalue weighted by Crippen LogP contribution is 2.38. The summed E-state index contributed by atoms with van der Waals surface area (Å²) in [6.07, 6.45) is -0.865. The van der Waals surface area contributed by atoms with Gasteiger partial charge in [-0.2, -0.15) is 0 Å². The van der Waals surface area contributed by atoms with Crippen molar-refractivity contribution in [2.45, 2.75) is 25.2 Å². The molecule has 3 atom stereocenters. The van der Waals surface area contributed by atoms with Crippen molar-refractivity contribution < 1.29 is 14.6 Å². The van der Waals surface area contributed by atoms with E-state index in [1.165, 1.54) is 5.56 Å². The molecule has 21 heavy (non-hydrogen) atoms. The van der Waals surface area contributed by atoms with Gasteiger partial charge in [-0.1, -0.05) is 60.7 Å². The highest BCUT2D eigenvalue weighted by atomic mass is 16.6. The fourth-order valence-corrected chi connectivity index (χ4v) is 1.95. The third-order valence-electron chi connectivity index (χ3n) is 3.19. The van der Waals surface area contributed by atoms with Crippen LogP contribution in [0.5, 0.6) is 0 Å². The van der Waals surface area contributed by atoms with Gasteiger partial charge in [0.1, 0.15) is 6.10 Å². The largest absolute Gasteiger partial charge is 0.479 e. The van der Waals surface area contributed by atoms with Crippen LogP contribution in [-0.4, -0.2) is 17.2 Å². The van der Waals surface area contributed by atoms with E-state index in [9.17, 15) is 4.79 Å². The third kappa shape index (κ3) is 4.41.